The van der Waals surface area contributed by atoms with Crippen molar-refractivity contribution in [1.82, 2.24) is 9.97 Å². The van der Waals surface area contributed by atoms with Gasteiger partial charge in [0, 0.05) is 23.0 Å². The van der Waals surface area contributed by atoms with Crippen molar-refractivity contribution in [3.8, 4) is 0 Å². The molecule has 0 aliphatic rings. The van der Waals surface area contributed by atoms with Crippen LogP contribution in [0.15, 0.2) is 54.6 Å². The van der Waals surface area contributed by atoms with E-state index >= 15 is 0 Å². The van der Waals surface area contributed by atoms with Crippen LogP contribution in [0.3, 0.4) is 0 Å². The van der Waals surface area contributed by atoms with Crippen LogP contribution in [-0.4, -0.2) is 15.8 Å². The van der Waals surface area contributed by atoms with Gasteiger partial charge in [0.25, 0.3) is 0 Å². The summed E-state index contributed by atoms with van der Waals surface area (Å²) < 4.78 is 39.5. The molecule has 1 aromatic heterocycles. The monoisotopic (exact) mass is 386 g/mol. The Bertz CT molecular complexity index is 1000. The number of aryl methyl sites for hydroxylation is 1. The molecule has 3 rings (SSSR count). The fourth-order valence-electron chi connectivity index (χ4n) is 2.58. The Hall–Kier alpha value is -3.42. The summed E-state index contributed by atoms with van der Waals surface area (Å²) in [7, 11) is 0. The van der Waals surface area contributed by atoms with Gasteiger partial charge < -0.3 is 10.6 Å². The zero-order valence-electron chi connectivity index (χ0n) is 15.1. The quantitative estimate of drug-likeness (QED) is 0.567. The van der Waals surface area contributed by atoms with E-state index in [0.29, 0.717) is 22.8 Å². The fourth-order valence-corrected chi connectivity index (χ4v) is 2.58. The molecule has 0 spiro atoms. The third-order valence-corrected chi connectivity index (χ3v) is 3.90. The largest absolute Gasteiger partial charge is 0.418 e. The molecule has 144 valence electrons. The molecule has 1 heterocycles. The van der Waals surface area contributed by atoms with Crippen molar-refractivity contribution < 1.29 is 18.0 Å². The average molecular weight is 386 g/mol. The predicted octanol–water partition coefficient (Wildman–Crippen LogP) is 5.49. The van der Waals surface area contributed by atoms with Gasteiger partial charge in [0.15, 0.2) is 5.78 Å². The minimum absolute atomic E-state index is 0.0413. The number of nitrogens with zero attached hydrogens (tertiary/aromatic N) is 2. The Labute approximate surface area is 159 Å². The van der Waals surface area contributed by atoms with Crippen LogP contribution in [0.5, 0.6) is 0 Å². The third kappa shape index (κ3) is 4.64. The first kappa shape index (κ1) is 19.3. The number of rotatable bonds is 5. The molecule has 5 nitrogen and oxygen atoms in total. The van der Waals surface area contributed by atoms with Crippen molar-refractivity contribution in [2.45, 2.75) is 20.0 Å². The first-order valence-corrected chi connectivity index (χ1v) is 8.39. The molecule has 0 radical (unpaired) electrons. The lowest BCUT2D eigenvalue weighted by atomic mass is 10.1. The standard InChI is InChI=1S/C20H17F3N4O/c1-12-11-18(25-15-9-7-14(8-10-15)13(2)28)27-19(24-12)26-17-6-4-3-5-16(17)20(21,22)23/h3-11H,1-2H3,(H2,24,25,26,27). The maximum absolute atomic E-state index is 13.2. The lowest BCUT2D eigenvalue weighted by Gasteiger charge is -2.14. The molecular weight excluding hydrogens is 369 g/mol. The van der Waals surface area contributed by atoms with Gasteiger partial charge >= 0.3 is 6.18 Å². The number of para-hydroxylation sites is 1. The van der Waals surface area contributed by atoms with Crippen LogP contribution in [0.2, 0.25) is 0 Å². The van der Waals surface area contributed by atoms with E-state index in [0.717, 1.165) is 6.07 Å². The van der Waals surface area contributed by atoms with E-state index in [9.17, 15) is 18.0 Å². The van der Waals surface area contributed by atoms with Crippen LogP contribution in [0, 0.1) is 6.92 Å². The van der Waals surface area contributed by atoms with Gasteiger partial charge in [-0.05, 0) is 50.2 Å². The average Bonchev–Trinajstić information content (AvgIpc) is 2.61. The summed E-state index contributed by atoms with van der Waals surface area (Å²) in [5, 5.41) is 5.70. The molecular formula is C20H17F3N4O. The lowest BCUT2D eigenvalue weighted by molar-refractivity contribution is -0.136. The highest BCUT2D eigenvalue weighted by molar-refractivity contribution is 5.94. The Morgan fingerprint density at radius 1 is 0.964 bits per heavy atom. The summed E-state index contributed by atoms with van der Waals surface area (Å²) in [6.45, 7) is 3.19. The SMILES string of the molecule is CC(=O)c1ccc(Nc2cc(C)nc(Nc3ccccc3C(F)(F)F)n2)cc1. The molecule has 3 aromatic rings. The van der Waals surface area contributed by atoms with Gasteiger partial charge in [-0.15, -0.1) is 0 Å². The summed E-state index contributed by atoms with van der Waals surface area (Å²) >= 11 is 0. The third-order valence-electron chi connectivity index (χ3n) is 3.90. The first-order valence-electron chi connectivity index (χ1n) is 8.39. The van der Waals surface area contributed by atoms with Crippen molar-refractivity contribution in [2.24, 2.45) is 0 Å². The van der Waals surface area contributed by atoms with Crippen LogP contribution < -0.4 is 10.6 Å². The van der Waals surface area contributed by atoms with Crippen molar-refractivity contribution >= 4 is 28.9 Å². The Morgan fingerprint density at radius 2 is 1.64 bits per heavy atom. The van der Waals surface area contributed by atoms with Crippen LogP contribution >= 0.6 is 0 Å². The molecule has 0 unspecified atom stereocenters. The Morgan fingerprint density at radius 3 is 2.29 bits per heavy atom. The van der Waals surface area contributed by atoms with Crippen LogP contribution in [0.4, 0.5) is 36.3 Å². The van der Waals surface area contributed by atoms with Gasteiger partial charge in [0.2, 0.25) is 5.95 Å². The van der Waals surface area contributed by atoms with Crippen molar-refractivity contribution in [1.29, 1.82) is 0 Å². The molecule has 0 atom stereocenters. The van der Waals surface area contributed by atoms with E-state index in [1.165, 1.54) is 25.1 Å². The summed E-state index contributed by atoms with van der Waals surface area (Å²) in [4.78, 5) is 19.7. The molecule has 8 heteroatoms. The molecule has 0 amide bonds. The predicted molar refractivity (Wildman–Crippen MR) is 101 cm³/mol. The van der Waals surface area contributed by atoms with Crippen molar-refractivity contribution in [3.05, 3.63) is 71.4 Å². The number of aromatic nitrogens is 2. The Kier molecular flexibility index (Phi) is 5.30. The second-order valence-electron chi connectivity index (χ2n) is 6.15. The van der Waals surface area contributed by atoms with Gasteiger partial charge in [0.05, 0.1) is 11.3 Å². The molecule has 0 aliphatic carbocycles. The van der Waals surface area contributed by atoms with E-state index in [1.54, 1.807) is 37.3 Å². The smallest absolute Gasteiger partial charge is 0.340 e. The molecule has 28 heavy (non-hydrogen) atoms. The maximum atomic E-state index is 13.2. The molecule has 0 saturated heterocycles. The zero-order chi connectivity index (χ0) is 20.3. The van der Waals surface area contributed by atoms with Crippen LogP contribution in [0.25, 0.3) is 0 Å². The van der Waals surface area contributed by atoms with E-state index in [2.05, 4.69) is 20.6 Å². The second-order valence-corrected chi connectivity index (χ2v) is 6.15. The lowest BCUT2D eigenvalue weighted by Crippen LogP contribution is -2.10. The molecule has 2 aromatic carbocycles. The number of carbonyl (C=O) groups is 1. The Balaban J connectivity index is 1.85. The number of hydrogen-bond donors (Lipinski definition) is 2. The minimum Gasteiger partial charge on any atom is -0.340 e. The summed E-state index contributed by atoms with van der Waals surface area (Å²) in [6.07, 6.45) is -4.49. The van der Waals surface area contributed by atoms with Gasteiger partial charge in [-0.25, -0.2) is 4.98 Å². The fraction of sp³-hybridized carbons (Fsp3) is 0.150. The van der Waals surface area contributed by atoms with E-state index in [-0.39, 0.29) is 17.4 Å². The molecule has 0 saturated carbocycles. The highest BCUT2D eigenvalue weighted by Crippen LogP contribution is 2.35. The summed E-state index contributed by atoms with van der Waals surface area (Å²) in [5.74, 6) is 0.411. The first-order chi connectivity index (χ1) is 13.2. The number of halogens is 3. The number of benzene rings is 2. The zero-order valence-corrected chi connectivity index (χ0v) is 15.1. The van der Waals surface area contributed by atoms with Crippen LogP contribution in [-0.2, 0) is 6.18 Å². The van der Waals surface area contributed by atoms with Gasteiger partial charge in [-0.2, -0.15) is 18.2 Å². The maximum Gasteiger partial charge on any atom is 0.418 e. The van der Waals surface area contributed by atoms with E-state index in [1.807, 2.05) is 0 Å². The van der Waals surface area contributed by atoms with E-state index in [4.69, 9.17) is 0 Å². The number of ketones is 1. The number of anilines is 4. The normalized spacial score (nSPS) is 11.2. The topological polar surface area (TPSA) is 66.9 Å². The van der Waals surface area contributed by atoms with Crippen molar-refractivity contribution in [3.63, 3.8) is 0 Å². The number of hydrogen-bond acceptors (Lipinski definition) is 5. The number of carbonyl (C=O) groups excluding carboxylic acids is 1. The number of nitrogens with one attached hydrogen (secondary N) is 2. The molecule has 0 fully saturated rings. The number of alkyl halides is 3. The van der Waals surface area contributed by atoms with Crippen LogP contribution in [0.1, 0.15) is 28.5 Å². The number of Topliss-reactive ketones (excluding diaryl/α,β-unsaturated/α-hetero) is 1. The van der Waals surface area contributed by atoms with Crippen molar-refractivity contribution in [2.75, 3.05) is 10.6 Å². The molecule has 2 N–H and O–H groups in total. The molecule has 0 bridgehead atoms. The highest BCUT2D eigenvalue weighted by Gasteiger charge is 2.33. The summed E-state index contributed by atoms with van der Waals surface area (Å²) in [5.41, 5.74) is 0.914. The van der Waals surface area contributed by atoms with E-state index < -0.39 is 11.7 Å². The molecule has 0 aliphatic heterocycles. The van der Waals surface area contributed by atoms with Gasteiger partial charge in [-0.1, -0.05) is 12.1 Å². The van der Waals surface area contributed by atoms with Gasteiger partial charge in [0.1, 0.15) is 5.82 Å². The summed E-state index contributed by atoms with van der Waals surface area (Å²) in [6, 6.07) is 13.6. The van der Waals surface area contributed by atoms with Gasteiger partial charge in [-0.3, -0.25) is 4.79 Å². The highest BCUT2D eigenvalue weighted by atomic mass is 19.4. The minimum atomic E-state index is -4.49. The second kappa shape index (κ2) is 7.67.